The summed E-state index contributed by atoms with van der Waals surface area (Å²) in [7, 11) is 0. The van der Waals surface area contributed by atoms with Crippen LogP contribution in [0.4, 0.5) is 10.1 Å². The highest BCUT2D eigenvalue weighted by Gasteiger charge is 2.46. The Morgan fingerprint density at radius 2 is 2.24 bits per heavy atom. The van der Waals surface area contributed by atoms with Crippen molar-refractivity contribution in [2.24, 2.45) is 10.7 Å². The number of rotatable bonds is 1. The quantitative estimate of drug-likeness (QED) is 0.793. The van der Waals surface area contributed by atoms with E-state index in [4.69, 9.17) is 10.5 Å². The Balaban J connectivity index is 2.05. The van der Waals surface area contributed by atoms with Crippen LogP contribution in [0.5, 0.6) is 0 Å². The molecule has 1 aromatic carbocycles. The lowest BCUT2D eigenvalue weighted by molar-refractivity contribution is 0.181. The van der Waals surface area contributed by atoms with E-state index in [0.717, 1.165) is 6.42 Å². The van der Waals surface area contributed by atoms with E-state index in [1.165, 1.54) is 6.07 Å². The molecule has 2 aliphatic rings. The highest BCUT2D eigenvalue weighted by atomic mass is 19.1. The second-order valence-corrected chi connectivity index (χ2v) is 4.49. The molecule has 0 radical (unpaired) electrons. The molecule has 1 unspecified atom stereocenters. The van der Waals surface area contributed by atoms with Crippen LogP contribution in [-0.4, -0.2) is 31.3 Å². The van der Waals surface area contributed by atoms with E-state index in [2.05, 4.69) is 4.99 Å². The Bertz CT molecular complexity index is 469. The van der Waals surface area contributed by atoms with E-state index < -0.39 is 0 Å². The standard InChI is InChI=1S/C12H14FN3O/c13-9-3-1-2-4-10(9)16-11(14)15-7-12(16)5-6-17-8-12/h1-4H,5-8H2,(H2,14,15). The summed E-state index contributed by atoms with van der Waals surface area (Å²) in [5.74, 6) is 0.0967. The fourth-order valence-corrected chi connectivity index (χ4v) is 2.52. The minimum atomic E-state index is -0.285. The number of ether oxygens (including phenoxy) is 1. The minimum Gasteiger partial charge on any atom is -0.379 e. The molecule has 0 amide bonds. The predicted octanol–water partition coefficient (Wildman–Crippen LogP) is 1.12. The number of hydrogen-bond donors (Lipinski definition) is 1. The summed E-state index contributed by atoms with van der Waals surface area (Å²) in [4.78, 5) is 6.03. The van der Waals surface area contributed by atoms with Gasteiger partial charge >= 0.3 is 0 Å². The normalized spacial score (nSPS) is 27.8. The first-order valence-electron chi connectivity index (χ1n) is 5.65. The van der Waals surface area contributed by atoms with E-state index in [1.807, 2.05) is 0 Å². The maximum atomic E-state index is 13.9. The summed E-state index contributed by atoms with van der Waals surface area (Å²) < 4.78 is 19.3. The van der Waals surface area contributed by atoms with Gasteiger partial charge < -0.3 is 10.5 Å². The number of benzene rings is 1. The van der Waals surface area contributed by atoms with Crippen molar-refractivity contribution >= 4 is 11.6 Å². The summed E-state index contributed by atoms with van der Waals surface area (Å²) in [6.07, 6.45) is 0.825. The molecule has 1 spiro atoms. The molecule has 0 aromatic heterocycles. The number of para-hydroxylation sites is 1. The van der Waals surface area contributed by atoms with Crippen molar-refractivity contribution in [2.75, 3.05) is 24.7 Å². The van der Waals surface area contributed by atoms with Crippen LogP contribution in [0.3, 0.4) is 0 Å². The molecule has 0 aliphatic carbocycles. The largest absolute Gasteiger partial charge is 0.379 e. The topological polar surface area (TPSA) is 50.9 Å². The van der Waals surface area contributed by atoms with Crippen molar-refractivity contribution < 1.29 is 9.13 Å². The van der Waals surface area contributed by atoms with Crippen molar-refractivity contribution in [3.63, 3.8) is 0 Å². The number of hydrogen-bond acceptors (Lipinski definition) is 4. The van der Waals surface area contributed by atoms with Crippen LogP contribution in [0.15, 0.2) is 29.3 Å². The van der Waals surface area contributed by atoms with E-state index in [-0.39, 0.29) is 11.4 Å². The number of guanidine groups is 1. The summed E-state index contributed by atoms with van der Waals surface area (Å²) in [6.45, 7) is 1.80. The average molecular weight is 235 g/mol. The molecule has 2 heterocycles. The van der Waals surface area contributed by atoms with Gasteiger partial charge in [-0.3, -0.25) is 9.89 Å². The highest BCUT2D eigenvalue weighted by molar-refractivity contribution is 5.98. The summed E-state index contributed by atoms with van der Waals surface area (Å²) in [5, 5.41) is 0. The number of anilines is 1. The fraction of sp³-hybridized carbons (Fsp3) is 0.417. The molecular formula is C12H14FN3O. The monoisotopic (exact) mass is 235 g/mol. The van der Waals surface area contributed by atoms with Gasteiger partial charge in [0.25, 0.3) is 0 Å². The van der Waals surface area contributed by atoms with Gasteiger partial charge in [-0.1, -0.05) is 12.1 Å². The molecule has 1 atom stereocenters. The van der Waals surface area contributed by atoms with Crippen LogP contribution in [-0.2, 0) is 4.74 Å². The fourth-order valence-electron chi connectivity index (χ4n) is 2.52. The molecule has 4 nitrogen and oxygen atoms in total. The van der Waals surface area contributed by atoms with E-state index in [1.54, 1.807) is 23.1 Å². The average Bonchev–Trinajstić information content (AvgIpc) is 2.90. The van der Waals surface area contributed by atoms with Gasteiger partial charge in [-0.15, -0.1) is 0 Å². The molecule has 1 aromatic rings. The SMILES string of the molecule is NC1=NCC2(CCOC2)N1c1ccccc1F. The molecule has 90 valence electrons. The number of aliphatic imine (C=N–C) groups is 1. The van der Waals surface area contributed by atoms with E-state index in [9.17, 15) is 4.39 Å². The molecule has 2 aliphatic heterocycles. The lowest BCUT2D eigenvalue weighted by atomic mass is 9.97. The van der Waals surface area contributed by atoms with Gasteiger partial charge in [-0.25, -0.2) is 4.39 Å². The third-order valence-corrected chi connectivity index (χ3v) is 3.41. The number of halogens is 1. The molecule has 17 heavy (non-hydrogen) atoms. The Morgan fingerprint density at radius 1 is 1.41 bits per heavy atom. The zero-order valence-electron chi connectivity index (χ0n) is 9.40. The number of nitrogens with zero attached hydrogens (tertiary/aromatic N) is 2. The maximum Gasteiger partial charge on any atom is 0.196 e. The number of nitrogens with two attached hydrogens (primary N) is 1. The van der Waals surface area contributed by atoms with Crippen LogP contribution in [0.25, 0.3) is 0 Å². The Labute approximate surface area is 98.9 Å². The van der Waals surface area contributed by atoms with Crippen molar-refractivity contribution in [1.82, 2.24) is 0 Å². The van der Waals surface area contributed by atoms with Crippen LogP contribution in [0.2, 0.25) is 0 Å². The highest BCUT2D eigenvalue weighted by Crippen LogP contribution is 2.35. The van der Waals surface area contributed by atoms with Gasteiger partial charge in [0.15, 0.2) is 5.96 Å². The molecular weight excluding hydrogens is 221 g/mol. The molecule has 5 heteroatoms. The lowest BCUT2D eigenvalue weighted by Crippen LogP contribution is -2.52. The van der Waals surface area contributed by atoms with Gasteiger partial charge in [0.2, 0.25) is 0 Å². The first-order chi connectivity index (χ1) is 8.23. The van der Waals surface area contributed by atoms with Crippen LogP contribution >= 0.6 is 0 Å². The first kappa shape index (κ1) is 10.5. The minimum absolute atomic E-state index is 0.279. The van der Waals surface area contributed by atoms with Gasteiger partial charge in [0, 0.05) is 6.61 Å². The zero-order chi connectivity index (χ0) is 11.9. The Morgan fingerprint density at radius 3 is 2.94 bits per heavy atom. The third-order valence-electron chi connectivity index (χ3n) is 3.41. The molecule has 2 N–H and O–H groups in total. The van der Waals surface area contributed by atoms with Crippen molar-refractivity contribution in [3.8, 4) is 0 Å². The summed E-state index contributed by atoms with van der Waals surface area (Å²) in [6, 6.07) is 6.63. The Hall–Kier alpha value is -1.62. The summed E-state index contributed by atoms with van der Waals surface area (Å²) in [5.41, 5.74) is 6.09. The molecule has 1 saturated heterocycles. The van der Waals surface area contributed by atoms with Crippen LogP contribution in [0.1, 0.15) is 6.42 Å². The summed E-state index contributed by atoms with van der Waals surface area (Å²) >= 11 is 0. The van der Waals surface area contributed by atoms with Crippen molar-refractivity contribution in [1.29, 1.82) is 0 Å². The van der Waals surface area contributed by atoms with Gasteiger partial charge in [-0.2, -0.15) is 0 Å². The second kappa shape index (κ2) is 3.70. The van der Waals surface area contributed by atoms with Gasteiger partial charge in [0.1, 0.15) is 5.82 Å². The predicted molar refractivity (Wildman–Crippen MR) is 63.5 cm³/mol. The maximum absolute atomic E-state index is 13.9. The zero-order valence-corrected chi connectivity index (χ0v) is 9.40. The van der Waals surface area contributed by atoms with Crippen LogP contribution < -0.4 is 10.6 Å². The third kappa shape index (κ3) is 1.50. The first-order valence-corrected chi connectivity index (χ1v) is 5.65. The molecule has 0 bridgehead atoms. The smallest absolute Gasteiger partial charge is 0.196 e. The van der Waals surface area contributed by atoms with Gasteiger partial charge in [0.05, 0.1) is 24.4 Å². The van der Waals surface area contributed by atoms with E-state index >= 15 is 0 Å². The van der Waals surface area contributed by atoms with Gasteiger partial charge in [-0.05, 0) is 18.6 Å². The van der Waals surface area contributed by atoms with E-state index in [0.29, 0.717) is 31.4 Å². The lowest BCUT2D eigenvalue weighted by Gasteiger charge is -2.34. The molecule has 1 fully saturated rings. The van der Waals surface area contributed by atoms with Crippen molar-refractivity contribution in [3.05, 3.63) is 30.1 Å². The van der Waals surface area contributed by atoms with Crippen molar-refractivity contribution in [2.45, 2.75) is 12.0 Å². The molecule has 3 rings (SSSR count). The Kier molecular flexibility index (Phi) is 2.29. The molecule has 0 saturated carbocycles. The second-order valence-electron chi connectivity index (χ2n) is 4.49. The van der Waals surface area contributed by atoms with Crippen LogP contribution in [0, 0.1) is 5.82 Å².